The second kappa shape index (κ2) is 16.6. The molecule has 2 heterocycles. The van der Waals surface area contributed by atoms with Crippen LogP contribution in [-0.4, -0.2) is 154 Å². The van der Waals surface area contributed by atoms with Gasteiger partial charge in [0.05, 0.1) is 62.0 Å². The smallest absolute Gasteiger partial charge is 0.186 e. The van der Waals surface area contributed by atoms with Crippen molar-refractivity contribution < 1.29 is 69.3 Å². The number of hydrogen-bond acceptors (Lipinski definition) is 14. The van der Waals surface area contributed by atoms with Gasteiger partial charge in [-0.15, -0.1) is 0 Å². The second-order valence-corrected chi connectivity index (χ2v) is 18.7. The zero-order valence-electron chi connectivity index (χ0n) is 33.3. The molecule has 0 spiro atoms. The van der Waals surface area contributed by atoms with Crippen molar-refractivity contribution in [1.82, 2.24) is 0 Å². The third-order valence-electron chi connectivity index (χ3n) is 15.6. The highest BCUT2D eigenvalue weighted by Crippen LogP contribution is 2.70. The molecular formula is C40H70O14. The molecule has 4 saturated carbocycles. The van der Waals surface area contributed by atoms with Crippen molar-refractivity contribution in [1.29, 1.82) is 0 Å². The summed E-state index contributed by atoms with van der Waals surface area (Å²) >= 11 is 0. The summed E-state index contributed by atoms with van der Waals surface area (Å²) in [5, 5.41) is 89.5. The van der Waals surface area contributed by atoms with Crippen molar-refractivity contribution in [2.75, 3.05) is 34.0 Å². The van der Waals surface area contributed by atoms with E-state index in [0.29, 0.717) is 32.1 Å². The third-order valence-corrected chi connectivity index (χ3v) is 15.6. The zero-order valence-corrected chi connectivity index (χ0v) is 33.3. The lowest BCUT2D eigenvalue weighted by Crippen LogP contribution is -2.71. The fourth-order valence-corrected chi connectivity index (χ4v) is 12.8. The Balaban J connectivity index is 1.13. The van der Waals surface area contributed by atoms with Gasteiger partial charge in [-0.05, 0) is 79.4 Å². The molecule has 2 aliphatic heterocycles. The number of hydrogen-bond donors (Lipinski definition) is 8. The van der Waals surface area contributed by atoms with E-state index in [1.165, 1.54) is 14.2 Å². The van der Waals surface area contributed by atoms with Crippen molar-refractivity contribution in [3.63, 3.8) is 0 Å². The van der Waals surface area contributed by atoms with E-state index in [4.69, 9.17) is 28.4 Å². The first-order chi connectivity index (χ1) is 25.5. The maximum atomic E-state index is 12.9. The molecule has 6 rings (SSSR count). The minimum absolute atomic E-state index is 0.0472. The molecule has 0 aromatic rings. The monoisotopic (exact) mass is 774 g/mol. The van der Waals surface area contributed by atoms with Gasteiger partial charge in [0.15, 0.2) is 12.6 Å². The summed E-state index contributed by atoms with van der Waals surface area (Å²) in [4.78, 5) is 0. The van der Waals surface area contributed by atoms with E-state index in [0.717, 1.165) is 12.8 Å². The lowest BCUT2D eigenvalue weighted by molar-refractivity contribution is -0.321. The lowest BCUT2D eigenvalue weighted by Gasteiger charge is -2.66. The molecule has 14 heteroatoms. The van der Waals surface area contributed by atoms with Crippen LogP contribution in [0, 0.1) is 52.3 Å². The van der Waals surface area contributed by atoms with Crippen molar-refractivity contribution >= 4 is 0 Å². The first kappa shape index (κ1) is 43.0. The lowest BCUT2D eigenvalue weighted by atomic mass is 9.41. The first-order valence-corrected chi connectivity index (χ1v) is 20.5. The van der Waals surface area contributed by atoms with E-state index in [2.05, 4.69) is 34.6 Å². The van der Waals surface area contributed by atoms with Crippen LogP contribution >= 0.6 is 0 Å². The zero-order chi connectivity index (χ0) is 39.5. The van der Waals surface area contributed by atoms with E-state index >= 15 is 0 Å². The van der Waals surface area contributed by atoms with Crippen molar-refractivity contribution in [3.05, 3.63) is 0 Å². The number of methoxy groups -OCH3 is 2. The number of rotatable bonds is 13. The second-order valence-electron chi connectivity index (χ2n) is 18.7. The average Bonchev–Trinajstić information content (AvgIpc) is 3.58. The quantitative estimate of drug-likeness (QED) is 0.122. The Kier molecular flexibility index (Phi) is 13.2. The summed E-state index contributed by atoms with van der Waals surface area (Å²) in [6, 6.07) is 0. The number of aliphatic hydroxyl groups excluding tert-OH is 7. The van der Waals surface area contributed by atoms with E-state index in [-0.39, 0.29) is 61.4 Å². The largest absolute Gasteiger partial charge is 0.396 e. The summed E-state index contributed by atoms with van der Waals surface area (Å²) in [6.45, 7) is 10.1. The molecule has 314 valence electrons. The van der Waals surface area contributed by atoms with Gasteiger partial charge in [0.1, 0.15) is 24.4 Å². The molecule has 8 N–H and O–H groups in total. The van der Waals surface area contributed by atoms with Crippen LogP contribution in [0.5, 0.6) is 0 Å². The fraction of sp³-hybridized carbons (Fsp3) is 1.00. The summed E-state index contributed by atoms with van der Waals surface area (Å²) in [5.41, 5.74) is -2.34. The van der Waals surface area contributed by atoms with E-state index in [1.54, 1.807) is 0 Å². The molecule has 6 fully saturated rings. The highest BCUT2D eigenvalue weighted by Gasteiger charge is 2.72. The van der Waals surface area contributed by atoms with Crippen LogP contribution in [0.25, 0.3) is 0 Å². The molecule has 0 bridgehead atoms. The topological polar surface area (TPSA) is 217 Å². The molecular weight excluding hydrogens is 704 g/mol. The van der Waals surface area contributed by atoms with Gasteiger partial charge in [-0.2, -0.15) is 0 Å². The molecule has 6 aliphatic rings. The maximum Gasteiger partial charge on any atom is 0.186 e. The Morgan fingerprint density at radius 2 is 1.50 bits per heavy atom. The number of ether oxygens (including phenoxy) is 6. The van der Waals surface area contributed by atoms with Gasteiger partial charge in [0.25, 0.3) is 0 Å². The third kappa shape index (κ3) is 7.24. The Hall–Kier alpha value is -0.560. The molecule has 0 aromatic heterocycles. The number of fused-ring (bicyclic) bond motifs is 5. The summed E-state index contributed by atoms with van der Waals surface area (Å²) in [5.74, 6) is -1.50. The van der Waals surface area contributed by atoms with Gasteiger partial charge in [-0.3, -0.25) is 0 Å². The fourth-order valence-electron chi connectivity index (χ4n) is 12.8. The minimum Gasteiger partial charge on any atom is -0.396 e. The standard InChI is InChI=1S/C40H70O14/c1-19(2)25(52-36-31(45)21(16-41)27(17-42)54-36)9-8-20(3)22-14-23(43)35-38(22,4)13-11-29-39(5)12-10-26(32(46)30(39)24(44)15-40(29,35)48)53-37-34(50-7)33(47)28(49-6)18-51-37/h19-37,41-48H,8-18H2,1-7H3/t20-,21+,22-,23+,24-,25+,26+,27+,28-,29?,30?,31-,32+,33+,34-,35?,36-,37+,38-,39-,40+/m1/s1. The van der Waals surface area contributed by atoms with Crippen LogP contribution in [0.4, 0.5) is 0 Å². The van der Waals surface area contributed by atoms with Gasteiger partial charge in [-0.25, -0.2) is 0 Å². The average molecular weight is 775 g/mol. The normalized spacial score (nSPS) is 51.8. The molecule has 14 nitrogen and oxygen atoms in total. The molecule has 0 amide bonds. The van der Waals surface area contributed by atoms with Crippen molar-refractivity contribution in [2.24, 2.45) is 52.3 Å². The highest BCUT2D eigenvalue weighted by atomic mass is 16.7. The minimum atomic E-state index is -1.34. The summed E-state index contributed by atoms with van der Waals surface area (Å²) in [7, 11) is 2.95. The molecule has 0 aromatic carbocycles. The molecule has 4 aliphatic carbocycles. The van der Waals surface area contributed by atoms with Gasteiger partial charge in [0.2, 0.25) is 0 Å². The van der Waals surface area contributed by atoms with Crippen molar-refractivity contribution in [3.8, 4) is 0 Å². The highest BCUT2D eigenvalue weighted by molar-refractivity contribution is 5.21. The van der Waals surface area contributed by atoms with Gasteiger partial charge in [0, 0.05) is 38.4 Å². The summed E-state index contributed by atoms with van der Waals surface area (Å²) in [6.07, 6.45) is -5.14. The molecule has 0 radical (unpaired) electrons. The Labute approximate surface area is 320 Å². The van der Waals surface area contributed by atoms with Crippen LogP contribution in [-0.2, 0) is 28.4 Å². The van der Waals surface area contributed by atoms with Gasteiger partial charge in [-0.1, -0.05) is 34.6 Å². The maximum absolute atomic E-state index is 12.9. The Bertz CT molecular complexity index is 1240. The predicted molar refractivity (Wildman–Crippen MR) is 193 cm³/mol. The van der Waals surface area contributed by atoms with Crippen LogP contribution in [0.2, 0.25) is 0 Å². The number of aliphatic hydroxyl groups is 8. The molecule has 2 saturated heterocycles. The van der Waals surface area contributed by atoms with Crippen LogP contribution in [0.1, 0.15) is 86.0 Å². The molecule has 21 atom stereocenters. The SMILES string of the molecule is CO[C@H]1[C@H](O[C@H]2CC[C@@]3(C)C([C@H](O)C[C@]4(O)C3CC[C@@]3(C)C4[C@@H](O)C[C@@H]3[C@H](C)CC[C@H](O[C@@H]3O[C@@H](CO)[C@H](CO)[C@H]3O)C(C)C)[C@H]2O)OC[C@@H](OC)[C@@H]1O. The molecule has 54 heavy (non-hydrogen) atoms. The first-order valence-electron chi connectivity index (χ1n) is 20.5. The summed E-state index contributed by atoms with van der Waals surface area (Å²) < 4.78 is 35.1. The van der Waals surface area contributed by atoms with Gasteiger partial charge >= 0.3 is 0 Å². The Morgan fingerprint density at radius 3 is 2.11 bits per heavy atom. The van der Waals surface area contributed by atoms with E-state index < -0.39 is 96.3 Å². The van der Waals surface area contributed by atoms with E-state index in [1.807, 2.05) is 0 Å². The Morgan fingerprint density at radius 1 is 0.796 bits per heavy atom. The van der Waals surface area contributed by atoms with Crippen LogP contribution in [0.3, 0.4) is 0 Å². The predicted octanol–water partition coefficient (Wildman–Crippen LogP) is 0.949. The van der Waals surface area contributed by atoms with Crippen LogP contribution < -0.4 is 0 Å². The van der Waals surface area contributed by atoms with Gasteiger partial charge < -0.3 is 69.3 Å². The van der Waals surface area contributed by atoms with Crippen molar-refractivity contribution in [2.45, 2.75) is 165 Å². The molecule has 3 unspecified atom stereocenters. The van der Waals surface area contributed by atoms with Crippen LogP contribution in [0.15, 0.2) is 0 Å². The van der Waals surface area contributed by atoms with E-state index in [9.17, 15) is 40.9 Å².